The second-order valence-corrected chi connectivity index (χ2v) is 5.37. The van der Waals surface area contributed by atoms with Crippen molar-refractivity contribution in [2.45, 2.75) is 6.92 Å². The average molecular weight is 282 g/mol. The lowest BCUT2D eigenvalue weighted by Crippen LogP contribution is -1.94. The van der Waals surface area contributed by atoms with E-state index < -0.39 is 0 Å². The number of nitrogens with zero attached hydrogens (tertiary/aromatic N) is 4. The van der Waals surface area contributed by atoms with Crippen LogP contribution in [-0.4, -0.2) is 25.1 Å². The van der Waals surface area contributed by atoms with Crippen LogP contribution in [0.1, 0.15) is 16.2 Å². The third kappa shape index (κ3) is 1.39. The minimum absolute atomic E-state index is 0.565. The number of pyridine rings is 1. The fourth-order valence-electron chi connectivity index (χ4n) is 2.49. The fraction of sp³-hybridized carbons (Fsp3) is 0.0714. The minimum atomic E-state index is 0.565. The smallest absolute Gasteiger partial charge is 0.194 e. The van der Waals surface area contributed by atoms with Crippen molar-refractivity contribution < 1.29 is 4.79 Å². The van der Waals surface area contributed by atoms with E-state index in [4.69, 9.17) is 0 Å². The number of imidazole rings is 2. The van der Waals surface area contributed by atoms with Crippen LogP contribution in [0.25, 0.3) is 22.0 Å². The molecule has 0 aliphatic heterocycles. The summed E-state index contributed by atoms with van der Waals surface area (Å²) in [6.07, 6.45) is 4.65. The number of hydrogen-bond acceptors (Lipinski definition) is 4. The molecule has 4 aromatic rings. The molecule has 0 aromatic carbocycles. The van der Waals surface area contributed by atoms with Crippen molar-refractivity contribution in [3.05, 3.63) is 47.4 Å². The predicted molar refractivity (Wildman–Crippen MR) is 77.4 cm³/mol. The van der Waals surface area contributed by atoms with Crippen molar-refractivity contribution in [3.63, 3.8) is 0 Å². The number of carbonyl (C=O) groups excluding carboxylic acids is 1. The highest BCUT2D eigenvalue weighted by molar-refractivity contribution is 7.15. The highest BCUT2D eigenvalue weighted by Crippen LogP contribution is 2.28. The zero-order valence-electron chi connectivity index (χ0n) is 10.6. The van der Waals surface area contributed by atoms with Crippen LogP contribution in [0.4, 0.5) is 0 Å². The third-order valence-corrected chi connectivity index (χ3v) is 4.10. The first-order valence-corrected chi connectivity index (χ1v) is 7.02. The summed E-state index contributed by atoms with van der Waals surface area (Å²) in [6, 6.07) is 5.82. The summed E-state index contributed by atoms with van der Waals surface area (Å²) in [5.41, 5.74) is 3.84. The van der Waals surface area contributed by atoms with E-state index in [9.17, 15) is 4.79 Å². The molecule has 0 aliphatic carbocycles. The van der Waals surface area contributed by atoms with E-state index in [0.717, 1.165) is 28.3 Å². The molecule has 4 heterocycles. The summed E-state index contributed by atoms with van der Waals surface area (Å²) in [5, 5.41) is 1.92. The van der Waals surface area contributed by atoms with Gasteiger partial charge in [-0.25, -0.2) is 9.97 Å². The van der Waals surface area contributed by atoms with Crippen molar-refractivity contribution in [3.8, 4) is 11.4 Å². The topological polar surface area (TPSA) is 51.7 Å². The van der Waals surface area contributed by atoms with E-state index in [1.165, 1.54) is 11.3 Å². The number of aldehydes is 1. The van der Waals surface area contributed by atoms with E-state index in [1.54, 1.807) is 0 Å². The van der Waals surface area contributed by atoms with Crippen LogP contribution >= 0.6 is 11.3 Å². The number of hydrogen-bond donors (Lipinski definition) is 0. The van der Waals surface area contributed by atoms with E-state index >= 15 is 0 Å². The number of thiazole rings is 1. The Morgan fingerprint density at radius 1 is 1.20 bits per heavy atom. The van der Waals surface area contributed by atoms with Crippen LogP contribution in [-0.2, 0) is 0 Å². The van der Waals surface area contributed by atoms with Crippen LogP contribution < -0.4 is 0 Å². The monoisotopic (exact) mass is 282 g/mol. The zero-order chi connectivity index (χ0) is 13.7. The molecule has 0 atom stereocenters. The number of rotatable bonds is 2. The molecule has 0 aliphatic rings. The van der Waals surface area contributed by atoms with Gasteiger partial charge in [0, 0.05) is 17.8 Å². The Balaban J connectivity index is 2.13. The van der Waals surface area contributed by atoms with E-state index in [-0.39, 0.29) is 0 Å². The van der Waals surface area contributed by atoms with Gasteiger partial charge >= 0.3 is 0 Å². The van der Waals surface area contributed by atoms with Gasteiger partial charge in [-0.3, -0.25) is 13.6 Å². The lowest BCUT2D eigenvalue weighted by atomic mass is 10.2. The molecule has 4 rings (SSSR count). The zero-order valence-corrected chi connectivity index (χ0v) is 11.5. The highest BCUT2D eigenvalue weighted by Gasteiger charge is 2.20. The molecule has 0 saturated heterocycles. The van der Waals surface area contributed by atoms with Gasteiger partial charge in [0.05, 0.1) is 11.4 Å². The van der Waals surface area contributed by atoms with Gasteiger partial charge in [0.25, 0.3) is 0 Å². The Bertz CT molecular complexity index is 947. The van der Waals surface area contributed by atoms with Gasteiger partial charge in [0.15, 0.2) is 11.2 Å². The lowest BCUT2D eigenvalue weighted by molar-refractivity contribution is 0.111. The summed E-state index contributed by atoms with van der Waals surface area (Å²) < 4.78 is 3.78. The normalized spacial score (nSPS) is 11.4. The summed E-state index contributed by atoms with van der Waals surface area (Å²) in [6.45, 7) is 1.93. The lowest BCUT2D eigenvalue weighted by Gasteiger charge is -2.00. The SMILES string of the molecule is Cc1nc2ccccn2c1-c1nc2sccn2c1C=O. The Morgan fingerprint density at radius 2 is 2.10 bits per heavy atom. The van der Waals surface area contributed by atoms with Crippen LogP contribution in [0, 0.1) is 6.92 Å². The highest BCUT2D eigenvalue weighted by atomic mass is 32.1. The molecule has 0 radical (unpaired) electrons. The first-order chi connectivity index (χ1) is 9.79. The van der Waals surface area contributed by atoms with Crippen LogP contribution in [0.3, 0.4) is 0 Å². The Morgan fingerprint density at radius 3 is 2.95 bits per heavy atom. The average Bonchev–Trinajstić information content (AvgIpc) is 3.08. The quantitative estimate of drug-likeness (QED) is 0.531. The van der Waals surface area contributed by atoms with Crippen molar-refractivity contribution in [1.29, 1.82) is 0 Å². The van der Waals surface area contributed by atoms with Crippen molar-refractivity contribution in [2.75, 3.05) is 0 Å². The first-order valence-electron chi connectivity index (χ1n) is 6.14. The third-order valence-electron chi connectivity index (χ3n) is 3.34. The largest absolute Gasteiger partial charge is 0.298 e. The molecule has 98 valence electrons. The molecule has 20 heavy (non-hydrogen) atoms. The minimum Gasteiger partial charge on any atom is -0.298 e. The van der Waals surface area contributed by atoms with E-state index in [0.29, 0.717) is 11.4 Å². The first kappa shape index (κ1) is 11.4. The molecular weight excluding hydrogens is 272 g/mol. The second-order valence-electron chi connectivity index (χ2n) is 4.49. The molecule has 5 nitrogen and oxygen atoms in total. The van der Waals surface area contributed by atoms with Crippen LogP contribution in [0.15, 0.2) is 36.0 Å². The van der Waals surface area contributed by atoms with E-state index in [1.807, 2.05) is 51.7 Å². The molecule has 0 saturated carbocycles. The summed E-state index contributed by atoms with van der Waals surface area (Å²) in [4.78, 5) is 21.4. The maximum atomic E-state index is 11.5. The molecule has 0 bridgehead atoms. The maximum absolute atomic E-state index is 11.5. The molecular formula is C14H10N4OS. The van der Waals surface area contributed by atoms with Gasteiger partial charge in [-0.05, 0) is 19.1 Å². The Labute approximate surface area is 118 Å². The fourth-order valence-corrected chi connectivity index (χ4v) is 3.21. The Kier molecular flexibility index (Phi) is 2.28. The molecule has 0 N–H and O–H groups in total. The van der Waals surface area contributed by atoms with Gasteiger partial charge in [0.2, 0.25) is 0 Å². The van der Waals surface area contributed by atoms with Crippen molar-refractivity contribution in [1.82, 2.24) is 18.8 Å². The van der Waals surface area contributed by atoms with Gasteiger partial charge in [-0.2, -0.15) is 0 Å². The molecule has 6 heteroatoms. The van der Waals surface area contributed by atoms with Crippen LogP contribution in [0.5, 0.6) is 0 Å². The molecule has 4 aromatic heterocycles. The summed E-state index contributed by atoms with van der Waals surface area (Å²) in [7, 11) is 0. The molecule has 0 fully saturated rings. The molecule has 0 amide bonds. The standard InChI is InChI=1S/C14H10N4OS/c1-9-13(18-5-3-2-4-11(18)15-9)12-10(8-19)17-6-7-20-14(17)16-12/h2-8H,1H3. The maximum Gasteiger partial charge on any atom is 0.194 e. The number of aromatic nitrogens is 4. The molecule has 0 spiro atoms. The van der Waals surface area contributed by atoms with Crippen LogP contribution in [0.2, 0.25) is 0 Å². The number of fused-ring (bicyclic) bond motifs is 2. The predicted octanol–water partition coefficient (Wildman–Crippen LogP) is 2.83. The van der Waals surface area contributed by atoms with Crippen molar-refractivity contribution >= 4 is 28.2 Å². The number of carbonyl (C=O) groups is 1. The van der Waals surface area contributed by atoms with Gasteiger partial charge in [0.1, 0.15) is 17.0 Å². The second kappa shape index (κ2) is 4.01. The summed E-state index contributed by atoms with van der Waals surface area (Å²) >= 11 is 1.51. The van der Waals surface area contributed by atoms with E-state index in [2.05, 4.69) is 9.97 Å². The summed E-state index contributed by atoms with van der Waals surface area (Å²) in [5.74, 6) is 0. The molecule has 0 unspecified atom stereocenters. The van der Waals surface area contributed by atoms with Gasteiger partial charge in [-0.1, -0.05) is 6.07 Å². The van der Waals surface area contributed by atoms with Gasteiger partial charge < -0.3 is 0 Å². The van der Waals surface area contributed by atoms with Gasteiger partial charge in [-0.15, -0.1) is 11.3 Å². The van der Waals surface area contributed by atoms with Crippen molar-refractivity contribution in [2.24, 2.45) is 0 Å². The Hall–Kier alpha value is -2.47. The number of aryl methyl sites for hydroxylation is 1.